The van der Waals surface area contributed by atoms with Crippen LogP contribution in [-0.2, 0) is 19.1 Å². The molecule has 1 aromatic heterocycles. The Labute approximate surface area is 322 Å². The maximum absolute atomic E-state index is 14.1. The molecule has 1 aromatic rings. The maximum Gasteiger partial charge on any atom is 0.309 e. The Morgan fingerprint density at radius 1 is 0.981 bits per heavy atom. The van der Waals surface area contributed by atoms with Crippen LogP contribution >= 0.6 is 11.6 Å². The van der Waals surface area contributed by atoms with Gasteiger partial charge in [0.15, 0.2) is 5.78 Å². The number of nitrogens with zero attached hydrogens (tertiary/aromatic N) is 1. The van der Waals surface area contributed by atoms with Gasteiger partial charge in [0.1, 0.15) is 6.10 Å². The van der Waals surface area contributed by atoms with Gasteiger partial charge in [-0.25, -0.2) is 0 Å². The highest BCUT2D eigenvalue weighted by atomic mass is 35.5. The van der Waals surface area contributed by atoms with Gasteiger partial charge in [0.2, 0.25) is 0 Å². The molecule has 4 fully saturated rings. The van der Waals surface area contributed by atoms with Gasteiger partial charge in [-0.15, -0.1) is 0 Å². The molecule has 10 atom stereocenters. The third-order valence-electron chi connectivity index (χ3n) is 16.3. The van der Waals surface area contributed by atoms with Gasteiger partial charge in [-0.2, -0.15) is 0 Å². The monoisotopic (exact) mass is 752 g/mol. The number of hydrogen-bond donors (Lipinski definition) is 3. The number of carboxylic acids is 1. The molecular formula is C44H65ClN2O6. The highest BCUT2D eigenvalue weighted by Gasteiger charge is 2.70. The number of esters is 1. The first-order valence-electron chi connectivity index (χ1n) is 20.3. The first-order chi connectivity index (χ1) is 24.5. The van der Waals surface area contributed by atoms with Crippen LogP contribution in [0.2, 0.25) is 5.02 Å². The van der Waals surface area contributed by atoms with E-state index in [1.165, 1.54) is 5.57 Å². The first-order valence-corrected chi connectivity index (χ1v) is 20.7. The van der Waals surface area contributed by atoms with Gasteiger partial charge < -0.3 is 20.3 Å². The van der Waals surface area contributed by atoms with E-state index in [2.05, 4.69) is 58.8 Å². The standard InChI is InChI=1S/C44H65ClN2O6/c1-25(2)36-30(48)21-44(33(49)24-46-26(3)29-13-11-27(45)23-47-29)20-19-42(9)28(37(36)44)12-14-32-41(8)17-16-34(53-35(50)22-39(4,5)38(51)52)40(6,7)31(41)15-18-43(32,42)10/h11,13,23,25-26,28,31-34,46,49H,12,14-22,24H2,1-10H3,(H,51,52)/t26-,28-,31+,32-,33+,34+,41+,42-,43-,44+/m1/s1. The van der Waals surface area contributed by atoms with Gasteiger partial charge in [-0.1, -0.05) is 65.6 Å². The second-order valence-electron chi connectivity index (χ2n) is 20.1. The van der Waals surface area contributed by atoms with Gasteiger partial charge in [0.05, 0.1) is 28.7 Å². The largest absolute Gasteiger partial charge is 0.481 e. The van der Waals surface area contributed by atoms with E-state index in [1.807, 2.05) is 19.1 Å². The number of carboxylic acid groups (broad SMARTS) is 1. The van der Waals surface area contributed by atoms with Gasteiger partial charge in [-0.3, -0.25) is 19.4 Å². The van der Waals surface area contributed by atoms with E-state index in [0.717, 1.165) is 62.6 Å². The second-order valence-corrected chi connectivity index (χ2v) is 20.5. The zero-order valence-electron chi connectivity index (χ0n) is 33.9. The topological polar surface area (TPSA) is 126 Å². The summed E-state index contributed by atoms with van der Waals surface area (Å²) < 4.78 is 6.17. The molecular weight excluding hydrogens is 688 g/mol. The minimum Gasteiger partial charge on any atom is -0.481 e. The fourth-order valence-corrected chi connectivity index (χ4v) is 13.3. The summed E-state index contributed by atoms with van der Waals surface area (Å²) in [6, 6.07) is 3.67. The van der Waals surface area contributed by atoms with Crippen molar-refractivity contribution in [2.24, 2.45) is 56.2 Å². The Morgan fingerprint density at radius 2 is 1.68 bits per heavy atom. The summed E-state index contributed by atoms with van der Waals surface area (Å²) in [6.45, 7) is 22.0. The van der Waals surface area contributed by atoms with Crippen LogP contribution in [0, 0.1) is 56.2 Å². The number of halogens is 1. The fourth-order valence-electron chi connectivity index (χ4n) is 13.1. The summed E-state index contributed by atoms with van der Waals surface area (Å²) in [7, 11) is 0. The number of aliphatic hydroxyl groups excluding tert-OH is 1. The number of aliphatic carboxylic acids is 1. The highest BCUT2D eigenvalue weighted by Crippen LogP contribution is 2.77. The Bertz CT molecular complexity index is 1650. The summed E-state index contributed by atoms with van der Waals surface area (Å²) in [4.78, 5) is 43.4. The van der Waals surface area contributed by atoms with E-state index in [1.54, 1.807) is 20.0 Å². The summed E-state index contributed by atoms with van der Waals surface area (Å²) in [6.07, 6.45) is 8.65. The van der Waals surface area contributed by atoms with E-state index in [0.29, 0.717) is 29.8 Å². The number of Topliss-reactive ketones (excluding diaryl/α,β-unsaturated/α-hetero) is 1. The number of pyridine rings is 1. The molecule has 294 valence electrons. The number of aromatic nitrogens is 1. The predicted octanol–water partition coefficient (Wildman–Crippen LogP) is 9.14. The lowest BCUT2D eigenvalue weighted by Gasteiger charge is -2.72. The van der Waals surface area contributed by atoms with Crippen molar-refractivity contribution in [2.45, 2.75) is 152 Å². The van der Waals surface area contributed by atoms with Crippen LogP contribution in [0.3, 0.4) is 0 Å². The van der Waals surface area contributed by atoms with Crippen LogP contribution in [-0.4, -0.2) is 51.7 Å². The maximum atomic E-state index is 14.1. The zero-order valence-corrected chi connectivity index (χ0v) is 34.7. The Balaban J connectivity index is 1.26. The molecule has 8 nitrogen and oxygen atoms in total. The predicted molar refractivity (Wildman–Crippen MR) is 207 cm³/mol. The summed E-state index contributed by atoms with van der Waals surface area (Å²) in [5.74, 6) is -0.0389. The third kappa shape index (κ3) is 6.33. The lowest BCUT2D eigenvalue weighted by Crippen LogP contribution is -2.66. The molecule has 9 heteroatoms. The molecule has 0 bridgehead atoms. The minimum absolute atomic E-state index is 0.0307. The van der Waals surface area contributed by atoms with Crippen molar-refractivity contribution < 1.29 is 29.3 Å². The van der Waals surface area contributed by atoms with Gasteiger partial charge in [-0.05, 0) is 130 Å². The molecule has 6 rings (SSSR count). The average Bonchev–Trinajstić information content (AvgIpc) is 3.38. The van der Waals surface area contributed by atoms with Crippen molar-refractivity contribution in [2.75, 3.05) is 6.54 Å². The smallest absolute Gasteiger partial charge is 0.309 e. The van der Waals surface area contributed by atoms with Crippen LogP contribution in [0.25, 0.3) is 0 Å². The zero-order chi connectivity index (χ0) is 39.1. The number of nitrogens with one attached hydrogen (secondary N) is 1. The Hall–Kier alpha value is -2.29. The molecule has 3 N–H and O–H groups in total. The molecule has 0 saturated heterocycles. The lowest BCUT2D eigenvalue weighted by atomic mass is 9.33. The number of rotatable bonds is 10. The number of allylic oxidation sites excluding steroid dienone is 1. The number of ketones is 1. The van der Waals surface area contributed by atoms with E-state index in [9.17, 15) is 24.6 Å². The van der Waals surface area contributed by atoms with Gasteiger partial charge in [0.25, 0.3) is 0 Å². The SMILES string of the molecule is CC(C)C1=C2[C@H]3CC[C@@H]4[C@@]5(C)CC[C@H](OC(=O)CC(C)(C)C(=O)O)C(C)(C)[C@@H]5CC[C@@]4(C)[C@]3(C)CC[C@@]2([C@@H](O)CN[C@H](C)c2ccc(Cl)cn2)CC1=O. The number of carbonyl (C=O) groups excluding carboxylic acids is 2. The number of aliphatic hydroxyl groups is 1. The number of ether oxygens (including phenoxy) is 1. The van der Waals surface area contributed by atoms with Crippen LogP contribution in [0.15, 0.2) is 29.5 Å². The van der Waals surface area contributed by atoms with Crippen molar-refractivity contribution in [1.29, 1.82) is 0 Å². The Kier molecular flexibility index (Phi) is 10.5. The van der Waals surface area contributed by atoms with E-state index >= 15 is 0 Å². The molecule has 4 saturated carbocycles. The second kappa shape index (κ2) is 13.7. The number of fused-ring (bicyclic) bond motifs is 7. The number of carbonyl (C=O) groups is 3. The molecule has 0 amide bonds. The van der Waals surface area contributed by atoms with E-state index < -0.39 is 28.9 Å². The van der Waals surface area contributed by atoms with Gasteiger partial charge in [0, 0.05) is 36.0 Å². The highest BCUT2D eigenvalue weighted by molar-refractivity contribution is 6.30. The average molecular weight is 753 g/mol. The van der Waals surface area contributed by atoms with Crippen molar-refractivity contribution in [3.63, 3.8) is 0 Å². The van der Waals surface area contributed by atoms with E-state index in [4.69, 9.17) is 16.3 Å². The molecule has 5 aliphatic carbocycles. The van der Waals surface area contributed by atoms with Crippen LogP contribution in [0.5, 0.6) is 0 Å². The van der Waals surface area contributed by atoms with Crippen LogP contribution < -0.4 is 5.32 Å². The fraction of sp³-hybridized carbons (Fsp3) is 0.773. The molecule has 0 aromatic carbocycles. The van der Waals surface area contributed by atoms with Crippen molar-refractivity contribution >= 4 is 29.3 Å². The van der Waals surface area contributed by atoms with Crippen molar-refractivity contribution in [3.8, 4) is 0 Å². The summed E-state index contributed by atoms with van der Waals surface area (Å²) >= 11 is 6.09. The van der Waals surface area contributed by atoms with Crippen molar-refractivity contribution in [3.05, 3.63) is 40.2 Å². The molecule has 5 aliphatic rings. The van der Waals surface area contributed by atoms with Crippen LogP contribution in [0.4, 0.5) is 0 Å². The van der Waals surface area contributed by atoms with Gasteiger partial charge >= 0.3 is 11.9 Å². The third-order valence-corrected chi connectivity index (χ3v) is 16.5. The normalized spacial score (nSPS) is 37.6. The Morgan fingerprint density at radius 3 is 2.30 bits per heavy atom. The summed E-state index contributed by atoms with van der Waals surface area (Å²) in [5.41, 5.74) is 1.18. The first kappa shape index (κ1) is 40.4. The number of hydrogen-bond acceptors (Lipinski definition) is 7. The van der Waals surface area contributed by atoms with Crippen LogP contribution in [0.1, 0.15) is 145 Å². The van der Waals surface area contributed by atoms with E-state index in [-0.39, 0.29) is 57.8 Å². The lowest BCUT2D eigenvalue weighted by molar-refractivity contribution is -0.235. The van der Waals surface area contributed by atoms with Crippen molar-refractivity contribution in [1.82, 2.24) is 10.3 Å². The molecule has 0 radical (unpaired) electrons. The molecule has 0 aliphatic heterocycles. The molecule has 0 spiro atoms. The quantitative estimate of drug-likeness (QED) is 0.202. The summed E-state index contributed by atoms with van der Waals surface area (Å²) in [5, 5.41) is 26.0. The minimum atomic E-state index is -1.17. The molecule has 53 heavy (non-hydrogen) atoms. The molecule has 0 unspecified atom stereocenters. The molecule has 1 heterocycles.